The Morgan fingerprint density at radius 2 is 2.00 bits per heavy atom. The normalized spacial score (nSPS) is 18.9. The Bertz CT molecular complexity index is 820. The molecule has 2 heterocycles. The lowest BCUT2D eigenvalue weighted by molar-refractivity contribution is -0.120. The number of benzene rings is 1. The maximum atomic E-state index is 12.6. The maximum absolute atomic E-state index is 12.6. The summed E-state index contributed by atoms with van der Waals surface area (Å²) in [6.45, 7) is 7.57. The van der Waals surface area contributed by atoms with Crippen LogP contribution in [0.2, 0.25) is 0 Å². The third-order valence-electron chi connectivity index (χ3n) is 6.27. The second-order valence-corrected chi connectivity index (χ2v) is 8.45. The van der Waals surface area contributed by atoms with E-state index in [4.69, 9.17) is 9.72 Å². The molecule has 0 bridgehead atoms. The molecular formula is C23H34N4O2. The smallest absolute Gasteiger partial charge is 0.227 e. The van der Waals surface area contributed by atoms with Crippen LogP contribution < -0.4 is 5.32 Å². The average molecular weight is 399 g/mol. The monoisotopic (exact) mass is 398 g/mol. The van der Waals surface area contributed by atoms with Gasteiger partial charge in [-0.3, -0.25) is 9.69 Å². The summed E-state index contributed by atoms with van der Waals surface area (Å²) in [6, 6.07) is 6.20. The van der Waals surface area contributed by atoms with Crippen molar-refractivity contribution in [2.24, 2.45) is 5.92 Å². The van der Waals surface area contributed by atoms with Gasteiger partial charge in [0.15, 0.2) is 0 Å². The summed E-state index contributed by atoms with van der Waals surface area (Å²) in [4.78, 5) is 20.0. The third kappa shape index (κ3) is 4.98. The molecule has 0 atom stereocenters. The van der Waals surface area contributed by atoms with Crippen molar-refractivity contribution in [3.8, 4) is 0 Å². The van der Waals surface area contributed by atoms with Crippen molar-refractivity contribution in [3.05, 3.63) is 24.0 Å². The fourth-order valence-corrected chi connectivity index (χ4v) is 4.51. The molecule has 1 N–H and O–H groups in total. The molecule has 1 aliphatic carbocycles. The number of hydrogen-bond donors (Lipinski definition) is 1. The van der Waals surface area contributed by atoms with E-state index in [-0.39, 0.29) is 11.8 Å². The Morgan fingerprint density at radius 3 is 2.76 bits per heavy atom. The van der Waals surface area contributed by atoms with Gasteiger partial charge in [-0.25, -0.2) is 4.98 Å². The number of rotatable bonds is 7. The standard InChI is InChI=1S/C23H34N4O2/c1-2-3-11-27-21-10-9-19(24-23(28)18-7-5-4-6-8-18)16-20(21)25-22(27)17-26-12-14-29-15-13-26/h9-10,16,18H,2-8,11-15,17H2,1H3,(H,24,28). The number of hydrogen-bond acceptors (Lipinski definition) is 4. The average Bonchev–Trinajstić information content (AvgIpc) is 3.09. The number of amides is 1. The first-order valence-corrected chi connectivity index (χ1v) is 11.3. The van der Waals surface area contributed by atoms with Gasteiger partial charge in [-0.1, -0.05) is 32.6 Å². The first-order valence-electron chi connectivity index (χ1n) is 11.3. The molecule has 6 nitrogen and oxygen atoms in total. The van der Waals surface area contributed by atoms with Gasteiger partial charge in [0.05, 0.1) is 30.8 Å². The molecule has 4 rings (SSSR count). The van der Waals surface area contributed by atoms with E-state index < -0.39 is 0 Å². The first kappa shape index (κ1) is 20.4. The summed E-state index contributed by atoms with van der Waals surface area (Å²) < 4.78 is 7.85. The number of unbranched alkanes of at least 4 members (excludes halogenated alkanes) is 1. The number of aryl methyl sites for hydroxylation is 1. The lowest BCUT2D eigenvalue weighted by Gasteiger charge is -2.26. The Hall–Kier alpha value is -1.92. The SMILES string of the molecule is CCCCn1c(CN2CCOCC2)nc2cc(NC(=O)C3CCCCC3)ccc21. The molecule has 1 saturated carbocycles. The van der Waals surface area contributed by atoms with Crippen LogP contribution >= 0.6 is 0 Å². The van der Waals surface area contributed by atoms with Crippen LogP contribution in [0.25, 0.3) is 11.0 Å². The molecule has 1 amide bonds. The number of imidazole rings is 1. The molecule has 1 aromatic carbocycles. The van der Waals surface area contributed by atoms with Crippen LogP contribution in [-0.2, 0) is 22.6 Å². The minimum atomic E-state index is 0.165. The largest absolute Gasteiger partial charge is 0.379 e. The Morgan fingerprint density at radius 1 is 1.21 bits per heavy atom. The van der Waals surface area contributed by atoms with E-state index in [0.717, 1.165) is 87.6 Å². The van der Waals surface area contributed by atoms with Crippen LogP contribution in [0.15, 0.2) is 18.2 Å². The van der Waals surface area contributed by atoms with Gasteiger partial charge in [0.25, 0.3) is 0 Å². The van der Waals surface area contributed by atoms with Crippen molar-refractivity contribution < 1.29 is 9.53 Å². The molecule has 1 saturated heterocycles. The molecule has 0 radical (unpaired) electrons. The van der Waals surface area contributed by atoms with E-state index in [1.807, 2.05) is 12.1 Å². The van der Waals surface area contributed by atoms with Crippen LogP contribution in [-0.4, -0.2) is 46.7 Å². The van der Waals surface area contributed by atoms with Crippen molar-refractivity contribution in [2.45, 2.75) is 65.0 Å². The van der Waals surface area contributed by atoms with E-state index >= 15 is 0 Å². The summed E-state index contributed by atoms with van der Waals surface area (Å²) in [5.41, 5.74) is 3.01. The summed E-state index contributed by atoms with van der Waals surface area (Å²) in [6.07, 6.45) is 7.94. The molecule has 2 aromatic rings. The molecule has 0 spiro atoms. The molecule has 158 valence electrons. The number of aromatic nitrogens is 2. The molecule has 29 heavy (non-hydrogen) atoms. The number of nitrogens with one attached hydrogen (secondary N) is 1. The zero-order valence-corrected chi connectivity index (χ0v) is 17.7. The van der Waals surface area contributed by atoms with Crippen molar-refractivity contribution in [1.82, 2.24) is 14.5 Å². The highest BCUT2D eigenvalue weighted by Gasteiger charge is 2.22. The van der Waals surface area contributed by atoms with Gasteiger partial charge in [0.1, 0.15) is 5.82 Å². The minimum absolute atomic E-state index is 0.165. The lowest BCUT2D eigenvalue weighted by Crippen LogP contribution is -2.36. The summed E-state index contributed by atoms with van der Waals surface area (Å²) in [5, 5.41) is 3.14. The fourth-order valence-electron chi connectivity index (χ4n) is 4.51. The van der Waals surface area contributed by atoms with Crippen LogP contribution in [0.4, 0.5) is 5.69 Å². The van der Waals surface area contributed by atoms with E-state index in [1.165, 1.54) is 19.3 Å². The molecule has 6 heteroatoms. The van der Waals surface area contributed by atoms with E-state index in [1.54, 1.807) is 0 Å². The van der Waals surface area contributed by atoms with Crippen molar-refractivity contribution in [2.75, 3.05) is 31.6 Å². The Balaban J connectivity index is 1.54. The Labute approximate surface area is 173 Å². The van der Waals surface area contributed by atoms with Crippen molar-refractivity contribution >= 4 is 22.6 Å². The second kappa shape index (κ2) is 9.72. The number of nitrogens with zero attached hydrogens (tertiary/aromatic N) is 3. The fraction of sp³-hybridized carbons (Fsp3) is 0.652. The predicted octanol–water partition coefficient (Wildman–Crippen LogP) is 4.19. The molecular weight excluding hydrogens is 364 g/mol. The maximum Gasteiger partial charge on any atom is 0.227 e. The van der Waals surface area contributed by atoms with Gasteiger partial charge in [0, 0.05) is 31.2 Å². The summed E-state index contributed by atoms with van der Waals surface area (Å²) in [5.74, 6) is 1.45. The predicted molar refractivity (Wildman–Crippen MR) is 116 cm³/mol. The molecule has 1 aromatic heterocycles. The highest BCUT2D eigenvalue weighted by Crippen LogP contribution is 2.27. The molecule has 0 unspecified atom stereocenters. The van der Waals surface area contributed by atoms with E-state index in [2.05, 4.69) is 27.8 Å². The van der Waals surface area contributed by atoms with Crippen LogP contribution in [0.5, 0.6) is 0 Å². The first-order chi connectivity index (χ1) is 14.2. The topological polar surface area (TPSA) is 59.4 Å². The van der Waals surface area contributed by atoms with Gasteiger partial charge >= 0.3 is 0 Å². The van der Waals surface area contributed by atoms with Gasteiger partial charge in [0.2, 0.25) is 5.91 Å². The number of fused-ring (bicyclic) bond motifs is 1. The van der Waals surface area contributed by atoms with Gasteiger partial charge in [-0.15, -0.1) is 0 Å². The highest BCUT2D eigenvalue weighted by molar-refractivity contribution is 5.94. The summed E-state index contributed by atoms with van der Waals surface area (Å²) >= 11 is 0. The quantitative estimate of drug-likeness (QED) is 0.760. The number of carbonyl (C=O) groups is 1. The summed E-state index contributed by atoms with van der Waals surface area (Å²) in [7, 11) is 0. The number of ether oxygens (including phenoxy) is 1. The number of carbonyl (C=O) groups excluding carboxylic acids is 1. The van der Waals surface area contributed by atoms with Crippen LogP contribution in [0.3, 0.4) is 0 Å². The van der Waals surface area contributed by atoms with Crippen LogP contribution in [0.1, 0.15) is 57.7 Å². The zero-order chi connectivity index (χ0) is 20.1. The molecule has 2 aliphatic rings. The van der Waals surface area contributed by atoms with Gasteiger partial charge in [-0.05, 0) is 37.5 Å². The van der Waals surface area contributed by atoms with Crippen LogP contribution in [0, 0.1) is 5.92 Å². The lowest BCUT2D eigenvalue weighted by atomic mass is 9.88. The number of anilines is 1. The van der Waals surface area contributed by atoms with Gasteiger partial charge in [-0.2, -0.15) is 0 Å². The van der Waals surface area contributed by atoms with E-state index in [0.29, 0.717) is 0 Å². The molecule has 2 fully saturated rings. The Kier molecular flexibility index (Phi) is 6.82. The minimum Gasteiger partial charge on any atom is -0.379 e. The highest BCUT2D eigenvalue weighted by atomic mass is 16.5. The van der Waals surface area contributed by atoms with E-state index in [9.17, 15) is 4.79 Å². The van der Waals surface area contributed by atoms with Crippen molar-refractivity contribution in [3.63, 3.8) is 0 Å². The van der Waals surface area contributed by atoms with Crippen molar-refractivity contribution in [1.29, 1.82) is 0 Å². The number of morpholine rings is 1. The molecule has 1 aliphatic heterocycles. The second-order valence-electron chi connectivity index (χ2n) is 8.45. The zero-order valence-electron chi connectivity index (χ0n) is 17.7. The van der Waals surface area contributed by atoms with Gasteiger partial charge < -0.3 is 14.6 Å². The third-order valence-corrected chi connectivity index (χ3v) is 6.27.